The van der Waals surface area contributed by atoms with Gasteiger partial charge in [-0.05, 0) is 49.2 Å². The van der Waals surface area contributed by atoms with Crippen molar-refractivity contribution in [1.29, 1.82) is 0 Å². The first kappa shape index (κ1) is 22.9. The van der Waals surface area contributed by atoms with Gasteiger partial charge < -0.3 is 24.8 Å². The van der Waals surface area contributed by atoms with Crippen LogP contribution < -0.4 is 5.32 Å². The van der Waals surface area contributed by atoms with Crippen LogP contribution in [0.3, 0.4) is 0 Å². The second-order valence-electron chi connectivity index (χ2n) is 8.99. The summed E-state index contributed by atoms with van der Waals surface area (Å²) in [5.74, 6) is 0.0674. The number of hydrogen-bond donors (Lipinski definition) is 2. The molecule has 1 amide bonds. The molecule has 2 aliphatic heterocycles. The number of benzene rings is 2. The second kappa shape index (κ2) is 10.6. The molecule has 4 unspecified atom stereocenters. The van der Waals surface area contributed by atoms with Gasteiger partial charge >= 0.3 is 0 Å². The van der Waals surface area contributed by atoms with Gasteiger partial charge in [0.05, 0.1) is 18.8 Å². The predicted octanol–water partition coefficient (Wildman–Crippen LogP) is 4.41. The van der Waals surface area contributed by atoms with Gasteiger partial charge in [-0.1, -0.05) is 49.7 Å². The minimum atomic E-state index is -0.516. The number of piperidine rings is 1. The number of anilines is 1. The van der Waals surface area contributed by atoms with E-state index in [1.807, 2.05) is 48.5 Å². The van der Waals surface area contributed by atoms with E-state index in [-0.39, 0.29) is 30.6 Å². The van der Waals surface area contributed by atoms with E-state index in [0.717, 1.165) is 42.0 Å². The number of nitrogens with one attached hydrogen (secondary N) is 1. The summed E-state index contributed by atoms with van der Waals surface area (Å²) in [6, 6.07) is 15.7. The number of aliphatic hydroxyl groups excluding tert-OH is 1. The van der Waals surface area contributed by atoms with Crippen LogP contribution in [-0.4, -0.2) is 41.7 Å². The molecule has 2 aliphatic rings. The third-order valence-electron chi connectivity index (χ3n) is 6.49. The Kier molecular flexibility index (Phi) is 7.58. The van der Waals surface area contributed by atoms with Gasteiger partial charge in [-0.25, -0.2) is 0 Å². The molecule has 2 N–H and O–H groups in total. The second-order valence-corrected chi connectivity index (χ2v) is 8.99. The summed E-state index contributed by atoms with van der Waals surface area (Å²) in [4.78, 5) is 14.0. The van der Waals surface area contributed by atoms with E-state index in [1.165, 1.54) is 26.2 Å². The van der Waals surface area contributed by atoms with Crippen molar-refractivity contribution in [2.24, 2.45) is 5.92 Å². The number of nitrogens with zero attached hydrogens (tertiary/aromatic N) is 1. The monoisotopic (exact) mass is 438 g/mol. The number of carbonyl (C=O) groups is 1. The van der Waals surface area contributed by atoms with Crippen LogP contribution in [-0.2, 0) is 20.9 Å². The quantitative estimate of drug-likeness (QED) is 0.699. The van der Waals surface area contributed by atoms with Crippen LogP contribution in [0.5, 0.6) is 0 Å². The Morgan fingerprint density at radius 3 is 2.50 bits per heavy atom. The lowest BCUT2D eigenvalue weighted by molar-refractivity contribution is -0.276. The Balaban J connectivity index is 1.60. The molecule has 2 aromatic carbocycles. The summed E-state index contributed by atoms with van der Waals surface area (Å²) < 4.78 is 13.0. The van der Waals surface area contributed by atoms with E-state index in [2.05, 4.69) is 17.1 Å². The number of rotatable bonds is 6. The predicted molar refractivity (Wildman–Crippen MR) is 124 cm³/mol. The van der Waals surface area contributed by atoms with Crippen LogP contribution in [0.1, 0.15) is 62.2 Å². The normalized spacial score (nSPS) is 26.6. The lowest BCUT2D eigenvalue weighted by Crippen LogP contribution is -2.45. The van der Waals surface area contributed by atoms with Gasteiger partial charge in [0.25, 0.3) is 0 Å². The summed E-state index contributed by atoms with van der Waals surface area (Å²) >= 11 is 0. The largest absolute Gasteiger partial charge is 0.392 e. The molecular weight excluding hydrogens is 404 g/mol. The maximum Gasteiger partial charge on any atom is 0.221 e. The molecule has 2 saturated heterocycles. The Hall–Kier alpha value is -2.25. The van der Waals surface area contributed by atoms with Gasteiger partial charge in [0.2, 0.25) is 5.91 Å². The average molecular weight is 439 g/mol. The number of carbonyl (C=O) groups excluding carboxylic acids is 1. The number of ether oxygens (including phenoxy) is 2. The molecule has 4 rings (SSSR count). The fourth-order valence-corrected chi connectivity index (χ4v) is 4.69. The summed E-state index contributed by atoms with van der Waals surface area (Å²) in [7, 11) is 0. The summed E-state index contributed by atoms with van der Waals surface area (Å²) in [6.07, 6.45) is 3.17. The zero-order chi connectivity index (χ0) is 22.5. The van der Waals surface area contributed by atoms with E-state index in [1.54, 1.807) is 0 Å². The fraction of sp³-hybridized carbons (Fsp3) is 0.500. The fourth-order valence-electron chi connectivity index (χ4n) is 4.69. The highest BCUT2D eigenvalue weighted by Gasteiger charge is 2.39. The zero-order valence-electron chi connectivity index (χ0n) is 19.0. The van der Waals surface area contributed by atoms with E-state index in [0.29, 0.717) is 0 Å². The first-order valence-electron chi connectivity index (χ1n) is 11.6. The standard InChI is InChI=1S/C26H34N2O4/c1-18-24(16-28-13-4-3-5-14-28)31-26(22-7-6-8-23(15-22)27-19(2)30)32-25(18)21-11-9-20(17-29)10-12-21/h6-12,15,18,24-26,29H,3-5,13-14,16-17H2,1-2H3,(H,27,30). The third kappa shape index (κ3) is 5.56. The lowest BCUT2D eigenvalue weighted by Gasteiger charge is -2.43. The highest BCUT2D eigenvalue weighted by Crippen LogP contribution is 2.42. The van der Waals surface area contributed by atoms with Crippen LogP contribution in [0.15, 0.2) is 48.5 Å². The van der Waals surface area contributed by atoms with Crippen LogP contribution in [0.25, 0.3) is 0 Å². The van der Waals surface area contributed by atoms with Crippen molar-refractivity contribution in [3.8, 4) is 0 Å². The van der Waals surface area contributed by atoms with E-state index >= 15 is 0 Å². The Labute approximate surface area is 190 Å². The van der Waals surface area contributed by atoms with Crippen LogP contribution in [0, 0.1) is 5.92 Å². The van der Waals surface area contributed by atoms with Gasteiger partial charge in [0, 0.05) is 30.6 Å². The summed E-state index contributed by atoms with van der Waals surface area (Å²) in [5.41, 5.74) is 3.60. The minimum Gasteiger partial charge on any atom is -0.392 e. The molecule has 0 bridgehead atoms. The highest BCUT2D eigenvalue weighted by molar-refractivity contribution is 5.88. The molecule has 6 nitrogen and oxygen atoms in total. The molecule has 172 valence electrons. The molecule has 2 fully saturated rings. The topological polar surface area (TPSA) is 71.0 Å². The van der Waals surface area contributed by atoms with Gasteiger partial charge in [-0.3, -0.25) is 4.79 Å². The molecule has 32 heavy (non-hydrogen) atoms. The van der Waals surface area contributed by atoms with Crippen molar-refractivity contribution in [2.75, 3.05) is 25.0 Å². The summed E-state index contributed by atoms with van der Waals surface area (Å²) in [6.45, 7) is 6.85. The lowest BCUT2D eigenvalue weighted by atomic mass is 9.89. The van der Waals surface area contributed by atoms with E-state index in [9.17, 15) is 9.90 Å². The van der Waals surface area contributed by atoms with Gasteiger partial charge in [-0.15, -0.1) is 0 Å². The number of amides is 1. The molecule has 0 aliphatic carbocycles. The maximum atomic E-state index is 11.5. The van der Waals surface area contributed by atoms with Crippen LogP contribution >= 0.6 is 0 Å². The first-order chi connectivity index (χ1) is 15.5. The van der Waals surface area contributed by atoms with Crippen molar-refractivity contribution >= 4 is 11.6 Å². The Morgan fingerprint density at radius 2 is 1.81 bits per heavy atom. The molecule has 2 heterocycles. The summed E-state index contributed by atoms with van der Waals surface area (Å²) in [5, 5.41) is 12.3. The molecule has 6 heteroatoms. The first-order valence-corrected chi connectivity index (χ1v) is 11.6. The van der Waals surface area contributed by atoms with Crippen LogP contribution in [0.2, 0.25) is 0 Å². The van der Waals surface area contributed by atoms with Crippen molar-refractivity contribution in [1.82, 2.24) is 4.90 Å². The van der Waals surface area contributed by atoms with Crippen molar-refractivity contribution in [2.45, 2.75) is 58.2 Å². The molecule has 0 aromatic heterocycles. The molecular formula is C26H34N2O4. The Bertz CT molecular complexity index is 895. The SMILES string of the molecule is CC(=O)Nc1cccc(C2OC(CN3CCCCC3)C(C)C(c3ccc(CO)cc3)O2)c1. The van der Waals surface area contributed by atoms with E-state index < -0.39 is 6.29 Å². The third-order valence-corrected chi connectivity index (χ3v) is 6.49. The molecule has 2 aromatic rings. The van der Waals surface area contributed by atoms with Gasteiger partial charge in [-0.2, -0.15) is 0 Å². The minimum absolute atomic E-state index is 0.0267. The van der Waals surface area contributed by atoms with Crippen molar-refractivity contribution < 1.29 is 19.4 Å². The average Bonchev–Trinajstić information content (AvgIpc) is 2.81. The number of likely N-dealkylation sites (tertiary alicyclic amines) is 1. The van der Waals surface area contributed by atoms with Crippen LogP contribution in [0.4, 0.5) is 5.69 Å². The number of aliphatic hydroxyl groups is 1. The van der Waals surface area contributed by atoms with Crippen molar-refractivity contribution in [3.05, 3.63) is 65.2 Å². The zero-order valence-corrected chi connectivity index (χ0v) is 19.0. The maximum absolute atomic E-state index is 11.5. The molecule has 4 atom stereocenters. The number of hydrogen-bond acceptors (Lipinski definition) is 5. The highest BCUT2D eigenvalue weighted by atomic mass is 16.7. The van der Waals surface area contributed by atoms with E-state index in [4.69, 9.17) is 9.47 Å². The van der Waals surface area contributed by atoms with Crippen molar-refractivity contribution in [3.63, 3.8) is 0 Å². The Morgan fingerprint density at radius 1 is 1.06 bits per heavy atom. The molecule has 0 spiro atoms. The molecule has 0 radical (unpaired) electrons. The van der Waals surface area contributed by atoms with Gasteiger partial charge in [0.15, 0.2) is 6.29 Å². The van der Waals surface area contributed by atoms with Gasteiger partial charge in [0.1, 0.15) is 0 Å². The smallest absolute Gasteiger partial charge is 0.221 e. The molecule has 0 saturated carbocycles.